The average molecular weight is 307 g/mol. The number of nitriles is 2. The predicted molar refractivity (Wildman–Crippen MR) is 66.1 cm³/mol. The van der Waals surface area contributed by atoms with E-state index >= 15 is 0 Å². The third-order valence-electron chi connectivity index (χ3n) is 1.88. The molecule has 0 bridgehead atoms. The van der Waals surface area contributed by atoms with Gasteiger partial charge in [-0.15, -0.1) is 0 Å². The van der Waals surface area contributed by atoms with Crippen molar-refractivity contribution >= 4 is 33.4 Å². The molecule has 0 radical (unpaired) electrons. The summed E-state index contributed by atoms with van der Waals surface area (Å²) in [5.41, 5.74) is 0.792. The summed E-state index contributed by atoms with van der Waals surface area (Å²) in [6.45, 7) is -0.235. The van der Waals surface area contributed by atoms with E-state index in [4.69, 9.17) is 10.5 Å². The number of amides is 2. The van der Waals surface area contributed by atoms with Crippen LogP contribution in [0.1, 0.15) is 5.56 Å². The summed E-state index contributed by atoms with van der Waals surface area (Å²) in [7, 11) is 0. The van der Waals surface area contributed by atoms with E-state index in [-0.39, 0.29) is 6.54 Å². The van der Waals surface area contributed by atoms with Crippen LogP contribution in [-0.2, 0) is 9.59 Å². The number of carbonyl (C=O) groups excluding carboxylic acids is 2. The van der Waals surface area contributed by atoms with Crippen molar-refractivity contribution in [1.29, 1.82) is 10.5 Å². The third kappa shape index (κ3) is 3.58. The standard InChI is InChI=1S/C11H7BrN4O2/c12-8-5-7(6-14)1-2-9(8)16-11(18)10(17)15-4-3-13/h1-2,5H,4H2,(H,15,17)(H,16,18). The third-order valence-corrected chi connectivity index (χ3v) is 2.54. The first kappa shape index (κ1) is 13.7. The van der Waals surface area contributed by atoms with Crippen LogP contribution in [0, 0.1) is 22.7 Å². The summed E-state index contributed by atoms with van der Waals surface area (Å²) >= 11 is 3.17. The number of carbonyl (C=O) groups is 2. The van der Waals surface area contributed by atoms with Crippen LogP contribution >= 0.6 is 15.9 Å². The van der Waals surface area contributed by atoms with Gasteiger partial charge >= 0.3 is 11.8 Å². The maximum absolute atomic E-state index is 11.4. The number of nitrogens with one attached hydrogen (secondary N) is 2. The Morgan fingerprint density at radius 2 is 2.00 bits per heavy atom. The molecule has 90 valence electrons. The van der Waals surface area contributed by atoms with Crippen LogP contribution in [-0.4, -0.2) is 18.4 Å². The molecule has 0 heterocycles. The van der Waals surface area contributed by atoms with E-state index in [1.807, 2.05) is 6.07 Å². The Labute approximate surface area is 111 Å². The Bertz CT molecular complexity index is 571. The molecule has 1 aromatic carbocycles. The molecule has 0 aliphatic carbocycles. The number of anilines is 1. The zero-order valence-corrected chi connectivity index (χ0v) is 10.6. The molecule has 1 rings (SSSR count). The van der Waals surface area contributed by atoms with Gasteiger partial charge in [-0.25, -0.2) is 0 Å². The van der Waals surface area contributed by atoms with Crippen LogP contribution in [0.15, 0.2) is 22.7 Å². The summed E-state index contributed by atoms with van der Waals surface area (Å²) < 4.78 is 0.489. The summed E-state index contributed by atoms with van der Waals surface area (Å²) in [5, 5.41) is 21.4. The lowest BCUT2D eigenvalue weighted by Crippen LogP contribution is -2.35. The summed E-state index contributed by atoms with van der Waals surface area (Å²) in [6.07, 6.45) is 0. The molecule has 0 atom stereocenters. The minimum Gasteiger partial charge on any atom is -0.335 e. The van der Waals surface area contributed by atoms with Gasteiger partial charge in [-0.1, -0.05) is 0 Å². The van der Waals surface area contributed by atoms with Crippen LogP contribution < -0.4 is 10.6 Å². The molecule has 0 fully saturated rings. The van der Waals surface area contributed by atoms with Gasteiger partial charge in [-0.2, -0.15) is 10.5 Å². The molecule has 0 aromatic heterocycles. The fourth-order valence-electron chi connectivity index (χ4n) is 1.07. The van der Waals surface area contributed by atoms with Crippen molar-refractivity contribution in [3.05, 3.63) is 28.2 Å². The van der Waals surface area contributed by atoms with Gasteiger partial charge in [0, 0.05) is 4.47 Å². The highest BCUT2D eigenvalue weighted by Crippen LogP contribution is 2.23. The van der Waals surface area contributed by atoms with Gasteiger partial charge in [0.15, 0.2) is 0 Å². The van der Waals surface area contributed by atoms with E-state index in [2.05, 4.69) is 26.6 Å². The number of nitrogens with zero attached hydrogens (tertiary/aromatic N) is 2. The van der Waals surface area contributed by atoms with Crippen molar-refractivity contribution in [1.82, 2.24) is 5.32 Å². The van der Waals surface area contributed by atoms with E-state index in [9.17, 15) is 9.59 Å². The first-order valence-electron chi connectivity index (χ1n) is 4.74. The Kier molecular flexibility index (Phi) is 4.85. The van der Waals surface area contributed by atoms with E-state index < -0.39 is 11.8 Å². The second kappa shape index (κ2) is 6.38. The maximum atomic E-state index is 11.4. The van der Waals surface area contributed by atoms with Crippen LogP contribution in [0.2, 0.25) is 0 Å². The second-order valence-corrected chi connectivity index (χ2v) is 3.96. The largest absolute Gasteiger partial charge is 0.335 e. The van der Waals surface area contributed by atoms with Gasteiger partial charge in [0.1, 0.15) is 6.54 Å². The molecule has 0 saturated carbocycles. The first-order valence-corrected chi connectivity index (χ1v) is 5.53. The molecule has 0 aliphatic heterocycles. The van der Waals surface area contributed by atoms with Crippen molar-refractivity contribution in [3.63, 3.8) is 0 Å². The van der Waals surface area contributed by atoms with Gasteiger partial charge in [0.05, 0.1) is 23.4 Å². The number of rotatable bonds is 2. The zero-order chi connectivity index (χ0) is 13.5. The van der Waals surface area contributed by atoms with Crippen molar-refractivity contribution < 1.29 is 9.59 Å². The summed E-state index contributed by atoms with van der Waals surface area (Å²) in [6, 6.07) is 8.15. The average Bonchev–Trinajstić information content (AvgIpc) is 2.38. The molecule has 1 aromatic rings. The monoisotopic (exact) mass is 306 g/mol. The molecule has 0 spiro atoms. The van der Waals surface area contributed by atoms with Crippen LogP contribution in [0.4, 0.5) is 5.69 Å². The van der Waals surface area contributed by atoms with Crippen molar-refractivity contribution in [2.45, 2.75) is 0 Å². The highest BCUT2D eigenvalue weighted by atomic mass is 79.9. The Balaban J connectivity index is 2.74. The summed E-state index contributed by atoms with van der Waals surface area (Å²) in [5.74, 6) is -1.77. The normalized spacial score (nSPS) is 8.83. The smallest absolute Gasteiger partial charge is 0.313 e. The van der Waals surface area contributed by atoms with Crippen LogP contribution in [0.25, 0.3) is 0 Å². The summed E-state index contributed by atoms with van der Waals surface area (Å²) in [4.78, 5) is 22.6. The van der Waals surface area contributed by atoms with E-state index in [0.29, 0.717) is 15.7 Å². The van der Waals surface area contributed by atoms with E-state index in [0.717, 1.165) is 0 Å². The van der Waals surface area contributed by atoms with Crippen LogP contribution in [0.5, 0.6) is 0 Å². The zero-order valence-electron chi connectivity index (χ0n) is 9.03. The van der Waals surface area contributed by atoms with Crippen molar-refractivity contribution in [2.24, 2.45) is 0 Å². The topological polar surface area (TPSA) is 106 Å². The lowest BCUT2D eigenvalue weighted by atomic mass is 10.2. The minimum atomic E-state index is -0.896. The van der Waals surface area contributed by atoms with E-state index in [1.165, 1.54) is 18.2 Å². The molecule has 2 amide bonds. The minimum absolute atomic E-state index is 0.235. The molecule has 0 aliphatic rings. The highest BCUT2D eigenvalue weighted by molar-refractivity contribution is 9.10. The second-order valence-electron chi connectivity index (χ2n) is 3.10. The first-order chi connectivity index (χ1) is 8.58. The Morgan fingerprint density at radius 3 is 2.56 bits per heavy atom. The predicted octanol–water partition coefficient (Wildman–Crippen LogP) is 0.899. The number of hydrogen-bond donors (Lipinski definition) is 2. The molecule has 0 saturated heterocycles. The quantitative estimate of drug-likeness (QED) is 0.625. The number of halogens is 1. The van der Waals surface area contributed by atoms with Crippen LogP contribution in [0.3, 0.4) is 0 Å². The maximum Gasteiger partial charge on any atom is 0.313 e. The molecule has 0 unspecified atom stereocenters. The molecule has 2 N–H and O–H groups in total. The SMILES string of the molecule is N#CCNC(=O)C(=O)Nc1ccc(C#N)cc1Br. The fraction of sp³-hybridized carbons (Fsp3) is 0.0909. The van der Waals surface area contributed by atoms with Gasteiger partial charge in [0.2, 0.25) is 0 Å². The van der Waals surface area contributed by atoms with E-state index in [1.54, 1.807) is 6.07 Å². The van der Waals surface area contributed by atoms with Gasteiger partial charge in [-0.3, -0.25) is 9.59 Å². The fourth-order valence-corrected chi connectivity index (χ4v) is 1.54. The Morgan fingerprint density at radius 1 is 1.28 bits per heavy atom. The van der Waals surface area contributed by atoms with Crippen molar-refractivity contribution in [2.75, 3.05) is 11.9 Å². The molecular formula is C11H7BrN4O2. The van der Waals surface area contributed by atoms with Gasteiger partial charge in [-0.05, 0) is 34.1 Å². The molecular weight excluding hydrogens is 300 g/mol. The lowest BCUT2D eigenvalue weighted by molar-refractivity contribution is -0.136. The molecule has 18 heavy (non-hydrogen) atoms. The highest BCUT2D eigenvalue weighted by Gasteiger charge is 2.14. The molecule has 7 heteroatoms. The number of hydrogen-bond acceptors (Lipinski definition) is 4. The van der Waals surface area contributed by atoms with Gasteiger partial charge in [0.25, 0.3) is 0 Å². The Hall–Kier alpha value is -2.38. The number of benzene rings is 1. The molecule has 6 nitrogen and oxygen atoms in total. The van der Waals surface area contributed by atoms with Gasteiger partial charge < -0.3 is 10.6 Å². The van der Waals surface area contributed by atoms with Crippen molar-refractivity contribution in [3.8, 4) is 12.1 Å². The lowest BCUT2D eigenvalue weighted by Gasteiger charge is -2.06.